The normalized spacial score (nSPS) is 19.3. The number of nitrogens with zero attached hydrogens (tertiary/aromatic N) is 2. The summed E-state index contributed by atoms with van der Waals surface area (Å²) in [5.74, 6) is 0.839. The number of fused-ring (bicyclic) bond motifs is 1. The quantitative estimate of drug-likeness (QED) is 0.750. The molecule has 108 valence electrons. The van der Waals surface area contributed by atoms with Gasteiger partial charge in [-0.15, -0.1) is 0 Å². The van der Waals surface area contributed by atoms with Gasteiger partial charge in [-0.05, 0) is 56.6 Å². The van der Waals surface area contributed by atoms with E-state index in [1.165, 1.54) is 25.9 Å². The first kappa shape index (κ1) is 13.2. The summed E-state index contributed by atoms with van der Waals surface area (Å²) in [6.07, 6.45) is 2.45. The molecule has 2 aromatic rings. The van der Waals surface area contributed by atoms with Crippen molar-refractivity contribution in [2.45, 2.75) is 19.8 Å². The van der Waals surface area contributed by atoms with Crippen molar-refractivity contribution in [3.63, 3.8) is 0 Å². The highest BCUT2D eigenvalue weighted by Crippen LogP contribution is 2.30. The van der Waals surface area contributed by atoms with Gasteiger partial charge in [-0.1, -0.05) is 6.92 Å². The summed E-state index contributed by atoms with van der Waals surface area (Å²) in [7, 11) is 2.19. The molecule has 5 nitrogen and oxygen atoms in total. The van der Waals surface area contributed by atoms with E-state index >= 15 is 0 Å². The Morgan fingerprint density at radius 3 is 2.90 bits per heavy atom. The summed E-state index contributed by atoms with van der Waals surface area (Å²) >= 11 is 0. The number of aromatic nitrogens is 2. The fraction of sp³-hybridized carbons (Fsp3) is 0.533. The van der Waals surface area contributed by atoms with Gasteiger partial charge in [0.15, 0.2) is 0 Å². The molecule has 1 aromatic heterocycles. The molecule has 0 saturated carbocycles. The molecule has 0 unspecified atom stereocenters. The zero-order valence-electron chi connectivity index (χ0n) is 12.2. The van der Waals surface area contributed by atoms with Crippen LogP contribution in [0.3, 0.4) is 0 Å². The van der Waals surface area contributed by atoms with Crippen molar-refractivity contribution in [3.05, 3.63) is 18.2 Å². The van der Waals surface area contributed by atoms with Gasteiger partial charge < -0.3 is 20.9 Å². The lowest BCUT2D eigenvalue weighted by molar-refractivity contribution is 0.150. The van der Waals surface area contributed by atoms with Crippen LogP contribution in [0.5, 0.6) is 0 Å². The number of piperidine rings is 1. The first-order valence-electron chi connectivity index (χ1n) is 7.22. The van der Waals surface area contributed by atoms with Gasteiger partial charge in [0.1, 0.15) is 0 Å². The van der Waals surface area contributed by atoms with E-state index in [-0.39, 0.29) is 0 Å². The van der Waals surface area contributed by atoms with Gasteiger partial charge in [0.25, 0.3) is 0 Å². The van der Waals surface area contributed by atoms with Gasteiger partial charge in [-0.25, -0.2) is 4.98 Å². The minimum Gasteiger partial charge on any atom is -0.399 e. The summed E-state index contributed by atoms with van der Waals surface area (Å²) in [6.45, 7) is 5.66. The van der Waals surface area contributed by atoms with E-state index in [9.17, 15) is 0 Å². The van der Waals surface area contributed by atoms with E-state index in [4.69, 9.17) is 5.73 Å². The van der Waals surface area contributed by atoms with Gasteiger partial charge in [-0.2, -0.15) is 0 Å². The number of benzene rings is 1. The molecule has 1 fully saturated rings. The van der Waals surface area contributed by atoms with Crippen molar-refractivity contribution in [2.75, 3.05) is 37.7 Å². The summed E-state index contributed by atoms with van der Waals surface area (Å²) in [5, 5.41) is 3.45. The van der Waals surface area contributed by atoms with Crippen molar-refractivity contribution in [1.82, 2.24) is 14.9 Å². The Hall–Kier alpha value is -1.75. The van der Waals surface area contributed by atoms with E-state index in [1.54, 1.807) is 0 Å². The van der Waals surface area contributed by atoms with Gasteiger partial charge in [-0.3, -0.25) is 0 Å². The number of anilines is 2. The lowest BCUT2D eigenvalue weighted by atomic mass is 9.80. The summed E-state index contributed by atoms with van der Waals surface area (Å²) in [4.78, 5) is 10.2. The standard InChI is InChI=1S/C15H23N5/c1-15(5-7-20(2)8-6-15)10-17-14-18-12-4-3-11(16)9-13(12)19-14/h3-4,9H,5-8,10,16H2,1-2H3,(H2,17,18,19). The minimum atomic E-state index is 0.352. The van der Waals surface area contributed by atoms with E-state index < -0.39 is 0 Å². The maximum Gasteiger partial charge on any atom is 0.201 e. The molecule has 2 heterocycles. The highest BCUT2D eigenvalue weighted by Gasteiger charge is 2.28. The number of H-pyrrole nitrogens is 1. The van der Waals surface area contributed by atoms with Gasteiger partial charge in [0, 0.05) is 12.2 Å². The minimum absolute atomic E-state index is 0.352. The van der Waals surface area contributed by atoms with Crippen LogP contribution in [0.4, 0.5) is 11.6 Å². The van der Waals surface area contributed by atoms with Crippen molar-refractivity contribution >= 4 is 22.7 Å². The van der Waals surface area contributed by atoms with E-state index in [0.717, 1.165) is 29.2 Å². The van der Waals surface area contributed by atoms with Crippen molar-refractivity contribution in [3.8, 4) is 0 Å². The molecule has 20 heavy (non-hydrogen) atoms. The second-order valence-electron chi connectivity index (χ2n) is 6.33. The maximum atomic E-state index is 5.79. The van der Waals surface area contributed by atoms with Crippen LogP contribution in [0, 0.1) is 5.41 Å². The Labute approximate surface area is 119 Å². The molecule has 0 atom stereocenters. The Balaban J connectivity index is 1.67. The Bertz CT molecular complexity index is 595. The van der Waals surface area contributed by atoms with Crippen molar-refractivity contribution in [2.24, 2.45) is 5.41 Å². The fourth-order valence-electron chi connectivity index (χ4n) is 2.74. The van der Waals surface area contributed by atoms with Crippen LogP contribution in [0.2, 0.25) is 0 Å². The third kappa shape index (κ3) is 2.72. The number of imidazole rings is 1. The number of rotatable bonds is 3. The van der Waals surface area contributed by atoms with E-state index in [2.05, 4.69) is 34.2 Å². The lowest BCUT2D eigenvalue weighted by Gasteiger charge is -2.37. The Kier molecular flexibility index (Phi) is 3.30. The molecule has 4 N–H and O–H groups in total. The van der Waals surface area contributed by atoms with Crippen LogP contribution in [0.25, 0.3) is 11.0 Å². The molecular weight excluding hydrogens is 250 g/mol. The van der Waals surface area contributed by atoms with Crippen molar-refractivity contribution < 1.29 is 0 Å². The highest BCUT2D eigenvalue weighted by molar-refractivity contribution is 5.80. The topological polar surface area (TPSA) is 70.0 Å². The molecule has 1 aliphatic heterocycles. The lowest BCUT2D eigenvalue weighted by Crippen LogP contribution is -2.40. The Morgan fingerprint density at radius 2 is 2.15 bits per heavy atom. The van der Waals surface area contributed by atoms with Crippen LogP contribution in [0.15, 0.2) is 18.2 Å². The monoisotopic (exact) mass is 273 g/mol. The summed E-state index contributed by atoms with van der Waals surface area (Å²) in [6, 6.07) is 5.75. The SMILES string of the molecule is CN1CCC(C)(CNc2nc3ccc(N)cc3[nH]2)CC1. The third-order valence-corrected chi connectivity index (χ3v) is 4.38. The van der Waals surface area contributed by atoms with Crippen LogP contribution in [-0.4, -0.2) is 41.5 Å². The molecular formula is C15H23N5. The third-order valence-electron chi connectivity index (χ3n) is 4.38. The van der Waals surface area contributed by atoms with Gasteiger partial charge >= 0.3 is 0 Å². The molecule has 1 saturated heterocycles. The second kappa shape index (κ2) is 4.98. The van der Waals surface area contributed by atoms with Crippen LogP contribution < -0.4 is 11.1 Å². The van der Waals surface area contributed by atoms with Crippen LogP contribution in [0.1, 0.15) is 19.8 Å². The Morgan fingerprint density at radius 1 is 1.40 bits per heavy atom. The summed E-state index contributed by atoms with van der Waals surface area (Å²) < 4.78 is 0. The van der Waals surface area contributed by atoms with Crippen LogP contribution in [-0.2, 0) is 0 Å². The number of hydrogen-bond acceptors (Lipinski definition) is 4. The molecule has 1 aliphatic rings. The molecule has 5 heteroatoms. The van der Waals surface area contributed by atoms with E-state index in [0.29, 0.717) is 5.41 Å². The molecule has 1 aromatic carbocycles. The summed E-state index contributed by atoms with van der Waals surface area (Å²) in [5.41, 5.74) is 8.84. The molecule has 0 aliphatic carbocycles. The second-order valence-corrected chi connectivity index (χ2v) is 6.33. The number of aromatic amines is 1. The first-order chi connectivity index (χ1) is 9.54. The van der Waals surface area contributed by atoms with Gasteiger partial charge in [0.05, 0.1) is 11.0 Å². The molecule has 0 spiro atoms. The molecule has 0 amide bonds. The van der Waals surface area contributed by atoms with Gasteiger partial charge in [0.2, 0.25) is 5.95 Å². The predicted molar refractivity (Wildman–Crippen MR) is 83.8 cm³/mol. The highest BCUT2D eigenvalue weighted by atomic mass is 15.1. The number of likely N-dealkylation sites (tertiary alicyclic amines) is 1. The number of hydrogen-bond donors (Lipinski definition) is 3. The molecule has 3 rings (SSSR count). The van der Waals surface area contributed by atoms with Crippen molar-refractivity contribution in [1.29, 1.82) is 0 Å². The molecule has 0 radical (unpaired) electrons. The average Bonchev–Trinajstić information content (AvgIpc) is 2.82. The van der Waals surface area contributed by atoms with Crippen LogP contribution >= 0.6 is 0 Å². The number of nitrogen functional groups attached to an aromatic ring is 1. The van der Waals surface area contributed by atoms with E-state index in [1.807, 2.05) is 18.2 Å². The molecule has 0 bridgehead atoms. The first-order valence-corrected chi connectivity index (χ1v) is 7.22. The number of nitrogens with one attached hydrogen (secondary N) is 2. The number of nitrogens with two attached hydrogens (primary N) is 1. The average molecular weight is 273 g/mol. The fourth-order valence-corrected chi connectivity index (χ4v) is 2.74. The smallest absolute Gasteiger partial charge is 0.201 e. The zero-order valence-corrected chi connectivity index (χ0v) is 12.2. The maximum absolute atomic E-state index is 5.79. The zero-order chi connectivity index (χ0) is 14.2. The predicted octanol–water partition coefficient (Wildman–Crippen LogP) is 2.29. The largest absolute Gasteiger partial charge is 0.399 e.